The molecule has 0 aliphatic rings. The van der Waals surface area contributed by atoms with Crippen LogP contribution in [0.4, 0.5) is 0 Å². The van der Waals surface area contributed by atoms with E-state index >= 15 is 0 Å². The lowest BCUT2D eigenvalue weighted by molar-refractivity contribution is 0.114. The molecule has 0 fully saturated rings. The fourth-order valence-corrected chi connectivity index (χ4v) is 1.96. The molecule has 0 aliphatic heterocycles. The second-order valence-corrected chi connectivity index (χ2v) is 5.89. The van der Waals surface area contributed by atoms with E-state index in [2.05, 4.69) is 57.3 Å². The Hall–Kier alpha value is -0.860. The Morgan fingerprint density at radius 2 is 1.74 bits per heavy atom. The molecule has 1 aromatic carbocycles. The highest BCUT2D eigenvalue weighted by atomic mass is 16.5. The average molecular weight is 263 g/mol. The van der Waals surface area contributed by atoms with Gasteiger partial charge in [0, 0.05) is 19.2 Å². The Kier molecular flexibility index (Phi) is 7.76. The van der Waals surface area contributed by atoms with Crippen molar-refractivity contribution in [3.63, 3.8) is 0 Å². The number of benzene rings is 1. The Bertz CT molecular complexity index is 347. The third-order valence-electron chi connectivity index (χ3n) is 3.15. The highest BCUT2D eigenvalue weighted by Crippen LogP contribution is 2.11. The Morgan fingerprint density at radius 3 is 2.37 bits per heavy atom. The van der Waals surface area contributed by atoms with E-state index < -0.39 is 0 Å². The SMILES string of the molecule is CC(C)CCCOCc1ccccc1CNC(C)C. The van der Waals surface area contributed by atoms with Crippen molar-refractivity contribution in [2.75, 3.05) is 6.61 Å². The summed E-state index contributed by atoms with van der Waals surface area (Å²) in [7, 11) is 0. The van der Waals surface area contributed by atoms with Crippen LogP contribution in [0.25, 0.3) is 0 Å². The van der Waals surface area contributed by atoms with Crippen molar-refractivity contribution < 1.29 is 4.74 Å². The highest BCUT2D eigenvalue weighted by Gasteiger charge is 2.03. The summed E-state index contributed by atoms with van der Waals surface area (Å²) in [5.41, 5.74) is 2.65. The maximum absolute atomic E-state index is 5.79. The monoisotopic (exact) mass is 263 g/mol. The highest BCUT2D eigenvalue weighted by molar-refractivity contribution is 5.26. The predicted molar refractivity (Wildman–Crippen MR) is 82.1 cm³/mol. The molecular formula is C17H29NO. The molecule has 2 heteroatoms. The van der Waals surface area contributed by atoms with Gasteiger partial charge in [-0.3, -0.25) is 0 Å². The van der Waals surface area contributed by atoms with Gasteiger partial charge in [-0.1, -0.05) is 52.0 Å². The fourth-order valence-electron chi connectivity index (χ4n) is 1.96. The summed E-state index contributed by atoms with van der Waals surface area (Å²) in [6.45, 7) is 11.4. The lowest BCUT2D eigenvalue weighted by atomic mass is 10.1. The van der Waals surface area contributed by atoms with Gasteiger partial charge >= 0.3 is 0 Å². The zero-order valence-corrected chi connectivity index (χ0v) is 12.9. The van der Waals surface area contributed by atoms with Crippen molar-refractivity contribution in [1.82, 2.24) is 5.32 Å². The number of rotatable bonds is 9. The molecule has 2 nitrogen and oxygen atoms in total. The molecule has 1 aromatic rings. The molecule has 0 aliphatic carbocycles. The molecule has 0 amide bonds. The van der Waals surface area contributed by atoms with Crippen molar-refractivity contribution in [2.45, 2.75) is 59.7 Å². The average Bonchev–Trinajstić information content (AvgIpc) is 2.36. The van der Waals surface area contributed by atoms with E-state index in [1.807, 2.05) is 0 Å². The van der Waals surface area contributed by atoms with Crippen LogP contribution in [0.15, 0.2) is 24.3 Å². The molecule has 0 bridgehead atoms. The van der Waals surface area contributed by atoms with Crippen LogP contribution in [0, 0.1) is 5.92 Å². The lowest BCUT2D eigenvalue weighted by Crippen LogP contribution is -2.22. The van der Waals surface area contributed by atoms with Crippen molar-refractivity contribution in [3.8, 4) is 0 Å². The first kappa shape index (κ1) is 16.2. The molecule has 0 spiro atoms. The molecule has 19 heavy (non-hydrogen) atoms. The summed E-state index contributed by atoms with van der Waals surface area (Å²) < 4.78 is 5.79. The molecule has 0 atom stereocenters. The number of hydrogen-bond acceptors (Lipinski definition) is 2. The van der Waals surface area contributed by atoms with Crippen LogP contribution in [0.2, 0.25) is 0 Å². The predicted octanol–water partition coefficient (Wildman–Crippen LogP) is 4.14. The van der Waals surface area contributed by atoms with Crippen molar-refractivity contribution in [2.24, 2.45) is 5.92 Å². The molecule has 0 radical (unpaired) electrons. The number of nitrogens with one attached hydrogen (secondary N) is 1. The standard InChI is InChI=1S/C17H29NO/c1-14(2)8-7-11-19-13-17-10-6-5-9-16(17)12-18-15(3)4/h5-6,9-10,14-15,18H,7-8,11-13H2,1-4H3. The molecule has 0 saturated carbocycles. The molecule has 108 valence electrons. The first-order chi connectivity index (χ1) is 9.09. The molecule has 1 rings (SSSR count). The number of ether oxygens (including phenoxy) is 1. The van der Waals surface area contributed by atoms with Crippen molar-refractivity contribution >= 4 is 0 Å². The molecule has 1 N–H and O–H groups in total. The van der Waals surface area contributed by atoms with Gasteiger partial charge in [0.15, 0.2) is 0 Å². The van der Waals surface area contributed by atoms with Crippen LogP contribution in [-0.4, -0.2) is 12.6 Å². The van der Waals surface area contributed by atoms with E-state index in [0.717, 1.165) is 32.1 Å². The molecule has 0 unspecified atom stereocenters. The minimum absolute atomic E-state index is 0.514. The van der Waals surface area contributed by atoms with Crippen molar-refractivity contribution in [1.29, 1.82) is 0 Å². The lowest BCUT2D eigenvalue weighted by Gasteiger charge is -2.13. The molecule has 0 heterocycles. The van der Waals surface area contributed by atoms with Crippen LogP contribution in [0.3, 0.4) is 0 Å². The summed E-state index contributed by atoms with van der Waals surface area (Å²) in [5.74, 6) is 0.770. The summed E-state index contributed by atoms with van der Waals surface area (Å²) >= 11 is 0. The van der Waals surface area contributed by atoms with Gasteiger partial charge in [0.1, 0.15) is 0 Å². The Balaban J connectivity index is 2.35. The zero-order chi connectivity index (χ0) is 14.1. The van der Waals surface area contributed by atoms with Crippen LogP contribution >= 0.6 is 0 Å². The van der Waals surface area contributed by atoms with Gasteiger partial charge in [-0.05, 0) is 29.9 Å². The maximum atomic E-state index is 5.79. The van der Waals surface area contributed by atoms with Gasteiger partial charge < -0.3 is 10.1 Å². The molecular weight excluding hydrogens is 234 g/mol. The van der Waals surface area contributed by atoms with Crippen LogP contribution < -0.4 is 5.32 Å². The summed E-state index contributed by atoms with van der Waals surface area (Å²) in [4.78, 5) is 0. The van der Waals surface area contributed by atoms with E-state index in [4.69, 9.17) is 4.74 Å². The molecule has 0 saturated heterocycles. The minimum atomic E-state index is 0.514. The van der Waals surface area contributed by atoms with Gasteiger partial charge in [-0.25, -0.2) is 0 Å². The van der Waals surface area contributed by atoms with E-state index in [1.54, 1.807) is 0 Å². The number of hydrogen-bond donors (Lipinski definition) is 1. The van der Waals surface area contributed by atoms with Gasteiger partial charge in [0.2, 0.25) is 0 Å². The van der Waals surface area contributed by atoms with Gasteiger partial charge in [0.05, 0.1) is 6.61 Å². The van der Waals surface area contributed by atoms with E-state index in [1.165, 1.54) is 17.5 Å². The topological polar surface area (TPSA) is 21.3 Å². The summed E-state index contributed by atoms with van der Waals surface area (Å²) in [6.07, 6.45) is 2.40. The maximum Gasteiger partial charge on any atom is 0.0720 e. The molecule has 0 aromatic heterocycles. The first-order valence-corrected chi connectivity index (χ1v) is 7.47. The van der Waals surface area contributed by atoms with Crippen LogP contribution in [-0.2, 0) is 17.9 Å². The van der Waals surface area contributed by atoms with Crippen LogP contribution in [0.5, 0.6) is 0 Å². The van der Waals surface area contributed by atoms with Gasteiger partial charge in [-0.2, -0.15) is 0 Å². The first-order valence-electron chi connectivity index (χ1n) is 7.47. The second kappa shape index (κ2) is 9.11. The van der Waals surface area contributed by atoms with Crippen LogP contribution in [0.1, 0.15) is 51.7 Å². The summed E-state index contributed by atoms with van der Waals surface area (Å²) in [5, 5.41) is 3.46. The second-order valence-electron chi connectivity index (χ2n) is 5.89. The minimum Gasteiger partial charge on any atom is -0.377 e. The van der Waals surface area contributed by atoms with E-state index in [0.29, 0.717) is 6.04 Å². The largest absolute Gasteiger partial charge is 0.377 e. The fraction of sp³-hybridized carbons (Fsp3) is 0.647. The third-order valence-corrected chi connectivity index (χ3v) is 3.15. The third kappa shape index (κ3) is 7.34. The Labute approximate surface area is 118 Å². The normalized spacial score (nSPS) is 11.5. The zero-order valence-electron chi connectivity index (χ0n) is 12.9. The smallest absolute Gasteiger partial charge is 0.0720 e. The van der Waals surface area contributed by atoms with Gasteiger partial charge in [-0.15, -0.1) is 0 Å². The van der Waals surface area contributed by atoms with Gasteiger partial charge in [0.25, 0.3) is 0 Å². The van der Waals surface area contributed by atoms with E-state index in [9.17, 15) is 0 Å². The quantitative estimate of drug-likeness (QED) is 0.676. The van der Waals surface area contributed by atoms with Crippen molar-refractivity contribution in [3.05, 3.63) is 35.4 Å². The van der Waals surface area contributed by atoms with E-state index in [-0.39, 0.29) is 0 Å². The Morgan fingerprint density at radius 1 is 1.05 bits per heavy atom. The summed E-state index contributed by atoms with van der Waals surface area (Å²) in [6, 6.07) is 9.05.